The zero-order valence-electron chi connectivity index (χ0n) is 11.9. The lowest BCUT2D eigenvalue weighted by molar-refractivity contribution is 0.0286. The number of hydrogen-bond acceptors (Lipinski definition) is 3. The van der Waals surface area contributed by atoms with Crippen LogP contribution in [0, 0.1) is 11.3 Å². The second-order valence-electron chi connectivity index (χ2n) is 6.24. The number of rotatable bonds is 4. The summed E-state index contributed by atoms with van der Waals surface area (Å²) >= 11 is 0. The van der Waals surface area contributed by atoms with E-state index in [1.807, 2.05) is 7.11 Å². The molecule has 0 aliphatic carbocycles. The summed E-state index contributed by atoms with van der Waals surface area (Å²) in [5, 5.41) is 3.45. The number of likely N-dealkylation sites (tertiary alicyclic amines) is 1. The SMILES string of the molecule is COCC1(C)CCN(CC2CCNCC2)CC1.Cl. The Bertz CT molecular complexity index is 224. The summed E-state index contributed by atoms with van der Waals surface area (Å²) in [6.07, 6.45) is 5.33. The van der Waals surface area contributed by atoms with Crippen molar-refractivity contribution in [3.8, 4) is 0 Å². The fourth-order valence-corrected chi connectivity index (χ4v) is 3.20. The molecule has 2 aliphatic rings. The molecule has 0 spiro atoms. The number of ether oxygens (including phenoxy) is 1. The van der Waals surface area contributed by atoms with Crippen LogP contribution in [0.5, 0.6) is 0 Å². The highest BCUT2D eigenvalue weighted by molar-refractivity contribution is 5.85. The number of hydrogen-bond donors (Lipinski definition) is 1. The van der Waals surface area contributed by atoms with Crippen LogP contribution in [0.15, 0.2) is 0 Å². The van der Waals surface area contributed by atoms with Gasteiger partial charge < -0.3 is 15.0 Å². The van der Waals surface area contributed by atoms with Crippen LogP contribution in [0.3, 0.4) is 0 Å². The highest BCUT2D eigenvalue weighted by Gasteiger charge is 2.30. The van der Waals surface area contributed by atoms with Crippen molar-refractivity contribution in [2.24, 2.45) is 11.3 Å². The molecule has 0 unspecified atom stereocenters. The standard InChI is InChI=1S/C14H28N2O.ClH/c1-14(12-17-2)5-9-16(10-6-14)11-13-3-7-15-8-4-13;/h13,15H,3-12H2,1-2H3;1H. The maximum atomic E-state index is 5.34. The third-order valence-corrected chi connectivity index (χ3v) is 4.53. The largest absolute Gasteiger partial charge is 0.384 e. The van der Waals surface area contributed by atoms with Gasteiger partial charge in [0.2, 0.25) is 0 Å². The lowest BCUT2D eigenvalue weighted by Crippen LogP contribution is -2.44. The molecule has 3 nitrogen and oxygen atoms in total. The van der Waals surface area contributed by atoms with E-state index in [0.717, 1.165) is 12.5 Å². The number of piperidine rings is 2. The van der Waals surface area contributed by atoms with Crippen LogP contribution < -0.4 is 5.32 Å². The smallest absolute Gasteiger partial charge is 0.0516 e. The zero-order chi connectivity index (χ0) is 12.1. The number of methoxy groups -OCH3 is 1. The first-order valence-corrected chi connectivity index (χ1v) is 7.14. The minimum absolute atomic E-state index is 0. The van der Waals surface area contributed by atoms with Gasteiger partial charge in [0.1, 0.15) is 0 Å². The van der Waals surface area contributed by atoms with E-state index in [4.69, 9.17) is 4.74 Å². The predicted molar refractivity (Wildman–Crippen MR) is 78.5 cm³/mol. The second-order valence-corrected chi connectivity index (χ2v) is 6.24. The van der Waals surface area contributed by atoms with Crippen molar-refractivity contribution in [2.45, 2.75) is 32.6 Å². The summed E-state index contributed by atoms with van der Waals surface area (Å²) in [5.74, 6) is 0.933. The monoisotopic (exact) mass is 276 g/mol. The molecule has 0 aromatic rings. The molecule has 0 aromatic heterocycles. The molecule has 2 aliphatic heterocycles. The second kappa shape index (κ2) is 7.68. The quantitative estimate of drug-likeness (QED) is 0.852. The maximum absolute atomic E-state index is 5.34. The fraction of sp³-hybridized carbons (Fsp3) is 1.00. The van der Waals surface area contributed by atoms with Crippen molar-refractivity contribution in [1.29, 1.82) is 0 Å². The number of halogens is 1. The Hall–Kier alpha value is 0.170. The van der Waals surface area contributed by atoms with Gasteiger partial charge in [0, 0.05) is 13.7 Å². The molecule has 1 N–H and O–H groups in total. The Labute approximate surface area is 118 Å². The van der Waals surface area contributed by atoms with Gasteiger partial charge in [0.05, 0.1) is 6.61 Å². The molecular formula is C14H29ClN2O. The maximum Gasteiger partial charge on any atom is 0.0516 e. The fourth-order valence-electron chi connectivity index (χ4n) is 3.20. The van der Waals surface area contributed by atoms with Crippen LogP contribution in [-0.2, 0) is 4.74 Å². The first-order chi connectivity index (χ1) is 8.22. The van der Waals surface area contributed by atoms with Gasteiger partial charge in [-0.05, 0) is 63.2 Å². The molecule has 18 heavy (non-hydrogen) atoms. The van der Waals surface area contributed by atoms with E-state index in [9.17, 15) is 0 Å². The molecule has 0 bridgehead atoms. The molecule has 2 rings (SSSR count). The Morgan fingerprint density at radius 2 is 1.83 bits per heavy atom. The van der Waals surface area contributed by atoms with E-state index in [0.29, 0.717) is 5.41 Å². The average Bonchev–Trinajstić information content (AvgIpc) is 2.34. The summed E-state index contributed by atoms with van der Waals surface area (Å²) < 4.78 is 5.34. The topological polar surface area (TPSA) is 24.5 Å². The summed E-state index contributed by atoms with van der Waals surface area (Å²) in [7, 11) is 1.83. The Balaban J connectivity index is 0.00000162. The Morgan fingerprint density at radius 3 is 2.39 bits per heavy atom. The summed E-state index contributed by atoms with van der Waals surface area (Å²) in [6.45, 7) is 9.60. The molecule has 0 aromatic carbocycles. The molecule has 0 atom stereocenters. The van der Waals surface area contributed by atoms with E-state index >= 15 is 0 Å². The zero-order valence-corrected chi connectivity index (χ0v) is 12.7. The number of nitrogens with one attached hydrogen (secondary N) is 1. The van der Waals surface area contributed by atoms with Crippen LogP contribution in [0.25, 0.3) is 0 Å². The molecule has 2 heterocycles. The molecular weight excluding hydrogens is 248 g/mol. The van der Waals surface area contributed by atoms with Gasteiger partial charge in [-0.25, -0.2) is 0 Å². The van der Waals surface area contributed by atoms with Gasteiger partial charge in [0.25, 0.3) is 0 Å². The summed E-state index contributed by atoms with van der Waals surface area (Å²) in [5.41, 5.74) is 0.430. The lowest BCUT2D eigenvalue weighted by Gasteiger charge is -2.40. The van der Waals surface area contributed by atoms with Crippen LogP contribution in [0.4, 0.5) is 0 Å². The first-order valence-electron chi connectivity index (χ1n) is 7.14. The van der Waals surface area contributed by atoms with Crippen molar-refractivity contribution < 1.29 is 4.74 Å². The minimum atomic E-state index is 0. The summed E-state index contributed by atoms with van der Waals surface area (Å²) in [4.78, 5) is 2.67. The Kier molecular flexibility index (Phi) is 6.93. The first kappa shape index (κ1) is 16.2. The highest BCUT2D eigenvalue weighted by atomic mass is 35.5. The van der Waals surface area contributed by atoms with Crippen molar-refractivity contribution in [3.05, 3.63) is 0 Å². The Morgan fingerprint density at radius 1 is 1.22 bits per heavy atom. The average molecular weight is 277 g/mol. The molecule has 0 saturated carbocycles. The van der Waals surface area contributed by atoms with E-state index < -0.39 is 0 Å². The van der Waals surface area contributed by atoms with E-state index in [-0.39, 0.29) is 12.4 Å². The van der Waals surface area contributed by atoms with Gasteiger partial charge in [-0.15, -0.1) is 12.4 Å². The van der Waals surface area contributed by atoms with Crippen molar-refractivity contribution in [3.63, 3.8) is 0 Å². The van der Waals surface area contributed by atoms with Crippen molar-refractivity contribution in [1.82, 2.24) is 10.2 Å². The van der Waals surface area contributed by atoms with Crippen molar-refractivity contribution >= 4 is 12.4 Å². The van der Waals surface area contributed by atoms with Crippen LogP contribution in [0.2, 0.25) is 0 Å². The van der Waals surface area contributed by atoms with Gasteiger partial charge in [0.15, 0.2) is 0 Å². The van der Waals surface area contributed by atoms with Gasteiger partial charge >= 0.3 is 0 Å². The van der Waals surface area contributed by atoms with E-state index in [1.54, 1.807) is 0 Å². The van der Waals surface area contributed by atoms with E-state index in [1.165, 1.54) is 58.4 Å². The molecule has 0 radical (unpaired) electrons. The molecule has 108 valence electrons. The normalized spacial score (nSPS) is 25.7. The third-order valence-electron chi connectivity index (χ3n) is 4.53. The van der Waals surface area contributed by atoms with Crippen LogP contribution in [-0.4, -0.2) is 51.3 Å². The van der Waals surface area contributed by atoms with Crippen LogP contribution >= 0.6 is 12.4 Å². The number of nitrogens with zero attached hydrogens (tertiary/aromatic N) is 1. The van der Waals surface area contributed by atoms with Crippen LogP contribution in [0.1, 0.15) is 32.6 Å². The van der Waals surface area contributed by atoms with Crippen molar-refractivity contribution in [2.75, 3.05) is 46.4 Å². The van der Waals surface area contributed by atoms with Gasteiger partial charge in [-0.3, -0.25) is 0 Å². The summed E-state index contributed by atoms with van der Waals surface area (Å²) in [6, 6.07) is 0. The molecule has 4 heteroatoms. The molecule has 2 saturated heterocycles. The third kappa shape index (κ3) is 4.69. The molecule has 0 amide bonds. The molecule has 2 fully saturated rings. The minimum Gasteiger partial charge on any atom is -0.384 e. The van der Waals surface area contributed by atoms with Gasteiger partial charge in [-0.1, -0.05) is 6.92 Å². The van der Waals surface area contributed by atoms with E-state index in [2.05, 4.69) is 17.1 Å². The van der Waals surface area contributed by atoms with Gasteiger partial charge in [-0.2, -0.15) is 0 Å². The predicted octanol–water partition coefficient (Wildman–Crippen LogP) is 2.16. The highest BCUT2D eigenvalue weighted by Crippen LogP contribution is 2.31. The lowest BCUT2D eigenvalue weighted by atomic mass is 9.81.